The molecule has 0 atom stereocenters. The predicted molar refractivity (Wildman–Crippen MR) is 72.7 cm³/mol. The molecule has 3 heterocycles. The minimum atomic E-state index is 0.379. The lowest BCUT2D eigenvalue weighted by atomic mass is 10.4. The molecule has 0 aliphatic carbocycles. The zero-order chi connectivity index (χ0) is 12.5. The Morgan fingerprint density at radius 2 is 2.28 bits per heavy atom. The Hall–Kier alpha value is -1.86. The van der Waals surface area contributed by atoms with Gasteiger partial charge in [-0.25, -0.2) is 9.50 Å². The fourth-order valence-electron chi connectivity index (χ4n) is 1.70. The molecule has 3 aromatic rings. The minimum absolute atomic E-state index is 0.379. The fraction of sp³-hybridized carbons (Fsp3) is 0.0909. The van der Waals surface area contributed by atoms with Crippen molar-refractivity contribution in [3.8, 4) is 0 Å². The number of rotatable bonds is 3. The largest absolute Gasteiger partial charge is 0.366 e. The van der Waals surface area contributed by atoms with Gasteiger partial charge >= 0.3 is 0 Å². The van der Waals surface area contributed by atoms with E-state index in [0.29, 0.717) is 6.54 Å². The molecule has 92 valence electrons. The molecule has 6 nitrogen and oxygen atoms in total. The summed E-state index contributed by atoms with van der Waals surface area (Å²) in [5, 5.41) is 7.63. The molecule has 0 saturated carbocycles. The number of fused-ring (bicyclic) bond motifs is 1. The smallest absolute Gasteiger partial charge is 0.155 e. The topological polar surface area (TPSA) is 84.0 Å². The van der Waals surface area contributed by atoms with E-state index in [2.05, 4.69) is 36.3 Å². The Balaban J connectivity index is 2.02. The molecule has 0 amide bonds. The van der Waals surface area contributed by atoms with Crippen LogP contribution in [0.3, 0.4) is 0 Å². The van der Waals surface area contributed by atoms with E-state index >= 15 is 0 Å². The van der Waals surface area contributed by atoms with Crippen molar-refractivity contribution < 1.29 is 0 Å². The molecule has 0 aromatic carbocycles. The van der Waals surface area contributed by atoms with E-state index in [4.69, 9.17) is 5.73 Å². The van der Waals surface area contributed by atoms with E-state index < -0.39 is 0 Å². The highest BCUT2D eigenvalue weighted by atomic mass is 79.9. The van der Waals surface area contributed by atoms with Crippen LogP contribution in [0, 0.1) is 0 Å². The van der Waals surface area contributed by atoms with Gasteiger partial charge in [0.2, 0.25) is 0 Å². The molecule has 18 heavy (non-hydrogen) atoms. The number of H-pyrrole nitrogens is 1. The first-order valence-corrected chi connectivity index (χ1v) is 6.21. The number of imidazole rings is 1. The first-order chi connectivity index (χ1) is 8.78. The highest BCUT2D eigenvalue weighted by molar-refractivity contribution is 9.10. The molecule has 0 bridgehead atoms. The Bertz CT molecular complexity index is 672. The molecule has 0 spiro atoms. The summed E-state index contributed by atoms with van der Waals surface area (Å²) in [4.78, 5) is 7.34. The molecular formula is C11H11BrN6. The quantitative estimate of drug-likeness (QED) is 0.691. The minimum Gasteiger partial charge on any atom is -0.366 e. The van der Waals surface area contributed by atoms with Crippen molar-refractivity contribution in [2.75, 3.05) is 5.32 Å². The summed E-state index contributed by atoms with van der Waals surface area (Å²) in [5.41, 5.74) is 8.12. The first kappa shape index (κ1) is 11.2. The van der Waals surface area contributed by atoms with Crippen molar-refractivity contribution in [2.24, 2.45) is 5.73 Å². The van der Waals surface area contributed by atoms with Crippen LogP contribution in [0.25, 0.3) is 5.65 Å². The third-order valence-electron chi connectivity index (χ3n) is 2.55. The average Bonchev–Trinajstić information content (AvgIpc) is 2.99. The van der Waals surface area contributed by atoms with Gasteiger partial charge in [0.15, 0.2) is 11.5 Å². The van der Waals surface area contributed by atoms with Crippen LogP contribution >= 0.6 is 15.9 Å². The van der Waals surface area contributed by atoms with Crippen molar-refractivity contribution in [3.05, 3.63) is 40.9 Å². The number of nitrogens with one attached hydrogen (secondary N) is 2. The maximum atomic E-state index is 5.61. The van der Waals surface area contributed by atoms with Gasteiger partial charge in [-0.3, -0.25) is 0 Å². The van der Waals surface area contributed by atoms with E-state index in [-0.39, 0.29) is 0 Å². The zero-order valence-electron chi connectivity index (χ0n) is 9.39. The molecule has 7 heteroatoms. The van der Waals surface area contributed by atoms with Gasteiger partial charge in [0.1, 0.15) is 4.60 Å². The Kier molecular flexibility index (Phi) is 2.77. The fourth-order valence-corrected chi connectivity index (χ4v) is 2.21. The molecule has 3 aromatic heterocycles. The van der Waals surface area contributed by atoms with Crippen LogP contribution < -0.4 is 11.1 Å². The molecule has 0 aliphatic heterocycles. The summed E-state index contributed by atoms with van der Waals surface area (Å²) in [5.74, 6) is 0.740. The standard InChI is InChI=1S/C11H11BrN6/c12-11-8(5-13)16-10-2-1-9(17-18(10)11)15-7-3-4-14-6-7/h1-4,6,14H,5,13H2,(H,15,17). The van der Waals surface area contributed by atoms with Crippen LogP contribution in [0.15, 0.2) is 35.2 Å². The van der Waals surface area contributed by atoms with Crippen LogP contribution in [0.4, 0.5) is 11.5 Å². The second kappa shape index (κ2) is 4.43. The maximum absolute atomic E-state index is 5.61. The van der Waals surface area contributed by atoms with Crippen LogP contribution in [0.1, 0.15) is 5.69 Å². The van der Waals surface area contributed by atoms with Crippen LogP contribution in [-0.4, -0.2) is 19.6 Å². The average molecular weight is 307 g/mol. The van der Waals surface area contributed by atoms with Gasteiger partial charge in [0.25, 0.3) is 0 Å². The van der Waals surface area contributed by atoms with Crippen LogP contribution in [-0.2, 0) is 6.54 Å². The normalized spacial score (nSPS) is 11.0. The van der Waals surface area contributed by atoms with E-state index in [0.717, 1.165) is 27.4 Å². The molecular weight excluding hydrogens is 296 g/mol. The van der Waals surface area contributed by atoms with Gasteiger partial charge in [0, 0.05) is 18.9 Å². The Morgan fingerprint density at radius 1 is 1.39 bits per heavy atom. The maximum Gasteiger partial charge on any atom is 0.155 e. The number of halogens is 1. The second-order valence-electron chi connectivity index (χ2n) is 3.77. The van der Waals surface area contributed by atoms with Gasteiger partial charge in [-0.1, -0.05) is 0 Å². The van der Waals surface area contributed by atoms with Gasteiger partial charge in [-0.05, 0) is 34.1 Å². The summed E-state index contributed by atoms with van der Waals surface area (Å²) in [6.07, 6.45) is 3.71. The second-order valence-corrected chi connectivity index (χ2v) is 4.52. The van der Waals surface area contributed by atoms with Gasteiger partial charge in [-0.2, -0.15) is 0 Å². The number of aromatic amines is 1. The summed E-state index contributed by atoms with van der Waals surface area (Å²) in [6, 6.07) is 5.70. The van der Waals surface area contributed by atoms with Crippen molar-refractivity contribution >= 4 is 33.1 Å². The van der Waals surface area contributed by atoms with Gasteiger partial charge in [0.05, 0.1) is 11.4 Å². The Morgan fingerprint density at radius 3 is 3.00 bits per heavy atom. The van der Waals surface area contributed by atoms with Crippen molar-refractivity contribution in [1.82, 2.24) is 19.6 Å². The van der Waals surface area contributed by atoms with E-state index in [1.54, 1.807) is 4.52 Å². The molecule has 0 fully saturated rings. The van der Waals surface area contributed by atoms with Gasteiger partial charge < -0.3 is 16.0 Å². The highest BCUT2D eigenvalue weighted by Crippen LogP contribution is 2.20. The van der Waals surface area contributed by atoms with Crippen molar-refractivity contribution in [1.29, 1.82) is 0 Å². The van der Waals surface area contributed by atoms with E-state index in [1.165, 1.54) is 0 Å². The van der Waals surface area contributed by atoms with Crippen LogP contribution in [0.5, 0.6) is 0 Å². The summed E-state index contributed by atoms with van der Waals surface area (Å²) in [6.45, 7) is 0.379. The lowest BCUT2D eigenvalue weighted by Crippen LogP contribution is -1.99. The molecule has 0 unspecified atom stereocenters. The van der Waals surface area contributed by atoms with Crippen molar-refractivity contribution in [3.63, 3.8) is 0 Å². The lowest BCUT2D eigenvalue weighted by Gasteiger charge is -2.03. The summed E-state index contributed by atoms with van der Waals surface area (Å²) >= 11 is 3.45. The number of hydrogen-bond donors (Lipinski definition) is 3. The number of nitrogens with zero attached hydrogens (tertiary/aromatic N) is 3. The third kappa shape index (κ3) is 1.87. The molecule has 0 radical (unpaired) electrons. The highest BCUT2D eigenvalue weighted by Gasteiger charge is 2.09. The Labute approximate surface area is 111 Å². The monoisotopic (exact) mass is 306 g/mol. The number of anilines is 2. The van der Waals surface area contributed by atoms with Crippen LogP contribution in [0.2, 0.25) is 0 Å². The number of aromatic nitrogens is 4. The molecule has 3 rings (SSSR count). The van der Waals surface area contributed by atoms with E-state index in [1.807, 2.05) is 30.6 Å². The molecule has 4 N–H and O–H groups in total. The van der Waals surface area contributed by atoms with Gasteiger partial charge in [-0.15, -0.1) is 5.10 Å². The third-order valence-corrected chi connectivity index (χ3v) is 3.35. The number of nitrogens with two attached hydrogens (primary N) is 1. The van der Waals surface area contributed by atoms with E-state index in [9.17, 15) is 0 Å². The molecule has 0 aliphatic rings. The predicted octanol–water partition coefficient (Wildman–Crippen LogP) is 2.02. The number of hydrogen-bond acceptors (Lipinski definition) is 4. The zero-order valence-corrected chi connectivity index (χ0v) is 11.0. The van der Waals surface area contributed by atoms with Crippen molar-refractivity contribution in [2.45, 2.75) is 6.54 Å². The SMILES string of the molecule is NCc1nc2ccc(Nc3cc[nH]c3)nn2c1Br. The lowest BCUT2D eigenvalue weighted by molar-refractivity contribution is 0.909. The first-order valence-electron chi connectivity index (χ1n) is 5.42. The molecule has 0 saturated heterocycles. The summed E-state index contributed by atoms with van der Waals surface area (Å²) in [7, 11) is 0. The summed E-state index contributed by atoms with van der Waals surface area (Å²) < 4.78 is 2.51.